The van der Waals surface area contributed by atoms with Gasteiger partial charge in [0.15, 0.2) is 0 Å². The summed E-state index contributed by atoms with van der Waals surface area (Å²) < 4.78 is 6.03. The first-order valence-corrected chi connectivity index (χ1v) is 8.33. The maximum atomic E-state index is 6.03. The van der Waals surface area contributed by atoms with Crippen LogP contribution in [-0.2, 0) is 4.74 Å². The molecule has 1 aromatic carbocycles. The Hall–Kier alpha value is -1.12. The highest BCUT2D eigenvalue weighted by Gasteiger charge is 2.36. The Balaban J connectivity index is 1.72. The van der Waals surface area contributed by atoms with E-state index in [2.05, 4.69) is 57.2 Å². The minimum absolute atomic E-state index is 0.234. The van der Waals surface area contributed by atoms with Crippen molar-refractivity contribution < 1.29 is 9.64 Å². The normalized spacial score (nSPS) is 36.5. The van der Waals surface area contributed by atoms with Crippen LogP contribution < -0.4 is 4.90 Å². The molecule has 0 radical (unpaired) electrons. The van der Waals surface area contributed by atoms with Gasteiger partial charge < -0.3 is 9.64 Å². The van der Waals surface area contributed by atoms with Gasteiger partial charge in [-0.2, -0.15) is 0 Å². The molecule has 1 unspecified atom stereocenters. The van der Waals surface area contributed by atoms with E-state index in [0.717, 1.165) is 25.0 Å². The molecule has 0 aromatic heterocycles. The Morgan fingerprint density at radius 1 is 1.19 bits per heavy atom. The van der Waals surface area contributed by atoms with Crippen LogP contribution in [0.2, 0.25) is 0 Å². The van der Waals surface area contributed by atoms with E-state index in [9.17, 15) is 0 Å². The molecular formula is C19H28NO+. The van der Waals surface area contributed by atoms with E-state index >= 15 is 0 Å². The van der Waals surface area contributed by atoms with Gasteiger partial charge in [0.1, 0.15) is 13.2 Å². The van der Waals surface area contributed by atoms with Crippen LogP contribution in [0.15, 0.2) is 42.0 Å². The fourth-order valence-electron chi connectivity index (χ4n) is 4.23. The van der Waals surface area contributed by atoms with Crippen LogP contribution in [0.4, 0.5) is 0 Å². The molecule has 0 spiro atoms. The van der Waals surface area contributed by atoms with Gasteiger partial charge in [-0.05, 0) is 25.2 Å². The van der Waals surface area contributed by atoms with Gasteiger partial charge >= 0.3 is 0 Å². The van der Waals surface area contributed by atoms with Crippen LogP contribution in [0, 0.1) is 17.8 Å². The quantitative estimate of drug-likeness (QED) is 0.844. The minimum Gasteiger partial charge on any atom is -0.319 e. The topological polar surface area (TPSA) is 13.7 Å². The molecule has 1 aromatic rings. The maximum Gasteiger partial charge on any atom is 0.218 e. The van der Waals surface area contributed by atoms with Crippen LogP contribution in [0.1, 0.15) is 39.0 Å². The van der Waals surface area contributed by atoms with Gasteiger partial charge in [-0.15, -0.1) is 0 Å². The van der Waals surface area contributed by atoms with Gasteiger partial charge in [0.2, 0.25) is 6.23 Å². The molecule has 2 nitrogen and oxygen atoms in total. The van der Waals surface area contributed by atoms with Crippen LogP contribution in [-0.4, -0.2) is 19.7 Å². The lowest BCUT2D eigenvalue weighted by Crippen LogP contribution is -3.11. The summed E-state index contributed by atoms with van der Waals surface area (Å²) in [7, 11) is 0. The second kappa shape index (κ2) is 6.33. The van der Waals surface area contributed by atoms with E-state index in [4.69, 9.17) is 4.74 Å². The zero-order valence-electron chi connectivity index (χ0n) is 13.5. The average Bonchev–Trinajstić information content (AvgIpc) is 2.92. The van der Waals surface area contributed by atoms with E-state index in [1.807, 2.05) is 0 Å². The maximum absolute atomic E-state index is 6.03. The molecule has 21 heavy (non-hydrogen) atoms. The zero-order valence-corrected chi connectivity index (χ0v) is 13.5. The van der Waals surface area contributed by atoms with E-state index < -0.39 is 0 Å². The van der Waals surface area contributed by atoms with E-state index in [1.165, 1.54) is 18.5 Å². The summed E-state index contributed by atoms with van der Waals surface area (Å²) in [4.78, 5) is 1.61. The van der Waals surface area contributed by atoms with E-state index in [-0.39, 0.29) is 6.23 Å². The molecule has 1 saturated heterocycles. The number of nitrogens with one attached hydrogen (secondary N) is 1. The van der Waals surface area contributed by atoms with Crippen LogP contribution >= 0.6 is 0 Å². The number of ether oxygens (including phenoxy) is 1. The second-order valence-electron chi connectivity index (χ2n) is 6.99. The predicted molar refractivity (Wildman–Crippen MR) is 86.0 cm³/mol. The average molecular weight is 286 g/mol. The smallest absolute Gasteiger partial charge is 0.218 e. The van der Waals surface area contributed by atoms with Gasteiger partial charge in [-0.3, -0.25) is 0 Å². The van der Waals surface area contributed by atoms with Crippen molar-refractivity contribution in [2.24, 2.45) is 17.8 Å². The van der Waals surface area contributed by atoms with Crippen molar-refractivity contribution in [1.29, 1.82) is 0 Å². The highest BCUT2D eigenvalue weighted by atomic mass is 16.5. The van der Waals surface area contributed by atoms with Crippen molar-refractivity contribution in [2.75, 3.05) is 19.7 Å². The van der Waals surface area contributed by atoms with Crippen molar-refractivity contribution in [3.63, 3.8) is 0 Å². The molecule has 0 saturated carbocycles. The molecule has 1 fully saturated rings. The standard InChI is InChI=1S/C19H27NO/c1-14-11-15(2)18(16(3)12-14)13-20-9-10-21-19(20)17-7-5-4-6-8-17/h4-8,11,15-16,18-19H,9-10,12-13H2,1-3H3/p+1/t15-,16+,18-,19+/m0/s1. The van der Waals surface area contributed by atoms with Gasteiger partial charge in [-0.25, -0.2) is 0 Å². The third kappa shape index (κ3) is 3.22. The number of hydrogen-bond acceptors (Lipinski definition) is 1. The minimum atomic E-state index is 0.234. The second-order valence-corrected chi connectivity index (χ2v) is 6.99. The molecule has 114 valence electrons. The van der Waals surface area contributed by atoms with Crippen molar-refractivity contribution >= 4 is 0 Å². The molecule has 1 N–H and O–H groups in total. The number of hydrogen-bond donors (Lipinski definition) is 1. The van der Waals surface area contributed by atoms with E-state index in [0.29, 0.717) is 5.92 Å². The summed E-state index contributed by atoms with van der Waals surface area (Å²) >= 11 is 0. The van der Waals surface area contributed by atoms with Crippen LogP contribution in [0.25, 0.3) is 0 Å². The molecule has 1 aliphatic heterocycles. The van der Waals surface area contributed by atoms with Gasteiger partial charge in [0, 0.05) is 11.5 Å². The number of allylic oxidation sites excluding steroid dienone is 2. The van der Waals surface area contributed by atoms with Crippen LogP contribution in [0.5, 0.6) is 0 Å². The lowest BCUT2D eigenvalue weighted by molar-refractivity contribution is -0.935. The van der Waals surface area contributed by atoms with Crippen LogP contribution in [0.3, 0.4) is 0 Å². The van der Waals surface area contributed by atoms with Crippen molar-refractivity contribution in [3.05, 3.63) is 47.5 Å². The lowest BCUT2D eigenvalue weighted by atomic mass is 9.74. The monoisotopic (exact) mass is 286 g/mol. The molecule has 3 rings (SSSR count). The molecule has 0 bridgehead atoms. The highest BCUT2D eigenvalue weighted by Crippen LogP contribution is 2.32. The zero-order chi connectivity index (χ0) is 14.8. The van der Waals surface area contributed by atoms with Gasteiger partial charge in [0.25, 0.3) is 0 Å². The molecule has 2 aliphatic rings. The molecule has 1 heterocycles. The number of rotatable bonds is 3. The summed E-state index contributed by atoms with van der Waals surface area (Å²) in [5, 5.41) is 0. The highest BCUT2D eigenvalue weighted by molar-refractivity contribution is 5.16. The van der Waals surface area contributed by atoms with Crippen molar-refractivity contribution in [3.8, 4) is 0 Å². The molecule has 1 aliphatic carbocycles. The Morgan fingerprint density at radius 3 is 2.67 bits per heavy atom. The van der Waals surface area contributed by atoms with Gasteiger partial charge in [0.05, 0.1) is 6.54 Å². The Labute approximate surface area is 128 Å². The summed E-state index contributed by atoms with van der Waals surface area (Å²) in [5.41, 5.74) is 2.89. The largest absolute Gasteiger partial charge is 0.319 e. The molecule has 5 atom stereocenters. The summed E-state index contributed by atoms with van der Waals surface area (Å²) in [6, 6.07) is 10.7. The number of quaternary nitrogens is 1. The number of benzene rings is 1. The Bertz CT molecular complexity index is 496. The first-order valence-electron chi connectivity index (χ1n) is 8.33. The Kier molecular flexibility index (Phi) is 4.46. The summed E-state index contributed by atoms with van der Waals surface area (Å²) in [5.74, 6) is 2.25. The molecule has 0 amide bonds. The first kappa shape index (κ1) is 14.8. The predicted octanol–water partition coefficient (Wildman–Crippen LogP) is 2.84. The van der Waals surface area contributed by atoms with E-state index in [1.54, 1.807) is 10.5 Å². The Morgan fingerprint density at radius 2 is 1.95 bits per heavy atom. The summed E-state index contributed by atoms with van der Waals surface area (Å²) in [6.07, 6.45) is 3.98. The third-order valence-corrected chi connectivity index (χ3v) is 5.28. The molecule has 2 heteroatoms. The lowest BCUT2D eigenvalue weighted by Gasteiger charge is -2.35. The van der Waals surface area contributed by atoms with Gasteiger partial charge in [-0.1, -0.05) is 55.8 Å². The van der Waals surface area contributed by atoms with Crippen molar-refractivity contribution in [1.82, 2.24) is 0 Å². The summed E-state index contributed by atoms with van der Waals surface area (Å²) in [6.45, 7) is 10.3. The fourth-order valence-corrected chi connectivity index (χ4v) is 4.23. The fraction of sp³-hybridized carbons (Fsp3) is 0.579. The SMILES string of the molecule is CC1=C[C@H](C)[C@H](C[NH+]2CCO[C@@H]2c2ccccc2)[C@H](C)C1. The molecular weight excluding hydrogens is 258 g/mol. The third-order valence-electron chi connectivity index (χ3n) is 5.28. The van der Waals surface area contributed by atoms with Crippen molar-refractivity contribution in [2.45, 2.75) is 33.4 Å². The first-order chi connectivity index (χ1) is 10.1.